The quantitative estimate of drug-likeness (QED) is 0.908. The van der Waals surface area contributed by atoms with Gasteiger partial charge in [-0.05, 0) is 50.3 Å². The Morgan fingerprint density at radius 1 is 1.53 bits per heavy atom. The first-order valence-electron chi connectivity index (χ1n) is 6.09. The second-order valence-corrected chi connectivity index (χ2v) is 5.64. The maximum Gasteiger partial charge on any atom is 0.162 e. The van der Waals surface area contributed by atoms with E-state index in [9.17, 15) is 0 Å². The molecule has 2 aromatic heterocycles. The highest BCUT2D eigenvalue weighted by Gasteiger charge is 2.22. The Hall–Kier alpha value is -1.13. The molecule has 0 amide bonds. The average molecular weight is 248 g/mol. The molecule has 0 saturated carbocycles. The molecule has 0 aromatic carbocycles. The second kappa shape index (κ2) is 4.63. The van der Waals surface area contributed by atoms with E-state index in [1.165, 1.54) is 17.0 Å². The molecule has 0 saturated heterocycles. The molecule has 2 heterocycles. The van der Waals surface area contributed by atoms with Crippen LogP contribution in [-0.2, 0) is 12.8 Å². The first kappa shape index (κ1) is 11.0. The smallest absolute Gasteiger partial charge is 0.162 e. The molecule has 17 heavy (non-hydrogen) atoms. The zero-order valence-corrected chi connectivity index (χ0v) is 10.5. The normalized spacial score (nSPS) is 19.2. The molecule has 0 spiro atoms. The van der Waals surface area contributed by atoms with Crippen LogP contribution in [0, 0.1) is 5.92 Å². The van der Waals surface area contributed by atoms with Crippen LogP contribution in [0.4, 0.5) is 0 Å². The van der Waals surface area contributed by atoms with Gasteiger partial charge in [-0.3, -0.25) is 0 Å². The summed E-state index contributed by atoms with van der Waals surface area (Å²) in [4.78, 5) is 6.11. The minimum absolute atomic E-state index is 0.748. The molecule has 4 heteroatoms. The largest absolute Gasteiger partial charge is 0.462 e. The lowest BCUT2D eigenvalue weighted by Gasteiger charge is -2.19. The highest BCUT2D eigenvalue weighted by molar-refractivity contribution is 7.15. The van der Waals surface area contributed by atoms with Crippen molar-refractivity contribution in [2.24, 2.45) is 11.7 Å². The molecule has 0 radical (unpaired) electrons. The summed E-state index contributed by atoms with van der Waals surface area (Å²) in [5, 5.41) is 1.02. The van der Waals surface area contributed by atoms with Crippen LogP contribution in [-0.4, -0.2) is 11.5 Å². The Labute approximate surface area is 105 Å². The van der Waals surface area contributed by atoms with Crippen LogP contribution in [0.1, 0.15) is 23.4 Å². The molecule has 0 bridgehead atoms. The molecule has 1 aliphatic carbocycles. The lowest BCUT2D eigenvalue weighted by Crippen LogP contribution is -2.16. The Bertz CT molecular complexity index is 489. The molecule has 1 atom stereocenters. The van der Waals surface area contributed by atoms with Crippen LogP contribution >= 0.6 is 11.3 Å². The maximum atomic E-state index is 5.63. The first-order valence-corrected chi connectivity index (χ1v) is 6.91. The summed E-state index contributed by atoms with van der Waals surface area (Å²) in [6, 6.07) is 3.88. The number of hydrogen-bond donors (Lipinski definition) is 1. The predicted molar refractivity (Wildman–Crippen MR) is 69.0 cm³/mol. The van der Waals surface area contributed by atoms with Gasteiger partial charge in [-0.25, -0.2) is 4.98 Å². The van der Waals surface area contributed by atoms with Gasteiger partial charge in [0.05, 0.1) is 12.0 Å². The van der Waals surface area contributed by atoms with E-state index in [1.807, 2.05) is 12.1 Å². The van der Waals surface area contributed by atoms with Gasteiger partial charge in [0.15, 0.2) is 10.8 Å². The Balaban J connectivity index is 1.84. The van der Waals surface area contributed by atoms with Crippen molar-refractivity contribution in [1.29, 1.82) is 0 Å². The molecule has 2 N–H and O–H groups in total. The maximum absolute atomic E-state index is 5.63. The van der Waals surface area contributed by atoms with Crippen molar-refractivity contribution in [1.82, 2.24) is 4.98 Å². The third-order valence-corrected chi connectivity index (χ3v) is 4.48. The van der Waals surface area contributed by atoms with Crippen LogP contribution in [0.2, 0.25) is 0 Å². The molecular formula is C13H16N2OS. The van der Waals surface area contributed by atoms with Gasteiger partial charge in [-0.2, -0.15) is 0 Å². The zero-order valence-electron chi connectivity index (χ0n) is 9.69. The summed E-state index contributed by atoms with van der Waals surface area (Å²) in [6.45, 7) is 0.795. The molecule has 0 fully saturated rings. The van der Waals surface area contributed by atoms with E-state index in [0.29, 0.717) is 0 Å². The van der Waals surface area contributed by atoms with Crippen molar-refractivity contribution in [3.63, 3.8) is 0 Å². The van der Waals surface area contributed by atoms with E-state index >= 15 is 0 Å². The Kier molecular flexibility index (Phi) is 2.99. The summed E-state index contributed by atoms with van der Waals surface area (Å²) in [5.41, 5.74) is 6.91. The SMILES string of the molecule is NCCC1CCc2nc(-c3ccco3)sc2C1. The van der Waals surface area contributed by atoms with Crippen molar-refractivity contribution >= 4 is 11.3 Å². The molecular weight excluding hydrogens is 232 g/mol. The van der Waals surface area contributed by atoms with Crippen LogP contribution in [0.15, 0.2) is 22.8 Å². The molecule has 90 valence electrons. The second-order valence-electron chi connectivity index (χ2n) is 4.55. The summed E-state index contributed by atoms with van der Waals surface area (Å²) < 4.78 is 5.40. The first-order chi connectivity index (χ1) is 8.36. The van der Waals surface area contributed by atoms with Gasteiger partial charge in [0.25, 0.3) is 0 Å². The standard InChI is InChI=1S/C13H16N2OS/c14-6-5-9-3-4-10-12(8-9)17-13(15-10)11-2-1-7-16-11/h1-2,7,9H,3-6,8,14H2. The Morgan fingerprint density at radius 2 is 2.47 bits per heavy atom. The van der Waals surface area contributed by atoms with Crippen molar-refractivity contribution in [2.45, 2.75) is 25.7 Å². The van der Waals surface area contributed by atoms with Gasteiger partial charge < -0.3 is 10.2 Å². The van der Waals surface area contributed by atoms with Crippen LogP contribution in [0.3, 0.4) is 0 Å². The number of rotatable bonds is 3. The monoisotopic (exact) mass is 248 g/mol. The molecule has 3 rings (SSSR count). The zero-order chi connectivity index (χ0) is 11.7. The minimum atomic E-state index is 0.748. The van der Waals surface area contributed by atoms with E-state index in [1.54, 1.807) is 17.6 Å². The summed E-state index contributed by atoms with van der Waals surface area (Å²) in [7, 11) is 0. The molecule has 0 aliphatic heterocycles. The molecule has 1 aliphatic rings. The number of furan rings is 1. The van der Waals surface area contributed by atoms with E-state index in [4.69, 9.17) is 10.2 Å². The average Bonchev–Trinajstić information content (AvgIpc) is 2.97. The van der Waals surface area contributed by atoms with Gasteiger partial charge in [-0.1, -0.05) is 0 Å². The predicted octanol–water partition coefficient (Wildman–Crippen LogP) is 2.86. The van der Waals surface area contributed by atoms with E-state index in [2.05, 4.69) is 4.98 Å². The molecule has 1 unspecified atom stereocenters. The number of thiazole rings is 1. The van der Waals surface area contributed by atoms with Gasteiger partial charge in [-0.15, -0.1) is 11.3 Å². The third-order valence-electron chi connectivity index (χ3n) is 3.35. The van der Waals surface area contributed by atoms with Gasteiger partial charge in [0.2, 0.25) is 0 Å². The summed E-state index contributed by atoms with van der Waals surface area (Å²) >= 11 is 1.78. The topological polar surface area (TPSA) is 52.0 Å². The van der Waals surface area contributed by atoms with Crippen molar-refractivity contribution in [2.75, 3.05) is 6.54 Å². The van der Waals surface area contributed by atoms with Crippen molar-refractivity contribution < 1.29 is 4.42 Å². The third kappa shape index (κ3) is 2.15. The summed E-state index contributed by atoms with van der Waals surface area (Å²) in [6.07, 6.45) is 6.30. The fraction of sp³-hybridized carbons (Fsp3) is 0.462. The lowest BCUT2D eigenvalue weighted by atomic mass is 9.89. The van der Waals surface area contributed by atoms with Crippen LogP contribution in [0.25, 0.3) is 10.8 Å². The van der Waals surface area contributed by atoms with Crippen molar-refractivity contribution in [3.05, 3.63) is 29.0 Å². The minimum Gasteiger partial charge on any atom is -0.462 e. The number of hydrogen-bond acceptors (Lipinski definition) is 4. The van der Waals surface area contributed by atoms with Crippen LogP contribution < -0.4 is 5.73 Å². The highest BCUT2D eigenvalue weighted by Crippen LogP contribution is 2.35. The number of nitrogens with two attached hydrogens (primary N) is 1. The fourth-order valence-electron chi connectivity index (χ4n) is 2.43. The number of nitrogens with zero attached hydrogens (tertiary/aromatic N) is 1. The fourth-order valence-corrected chi connectivity index (χ4v) is 3.62. The number of fused-ring (bicyclic) bond motifs is 1. The Morgan fingerprint density at radius 3 is 3.24 bits per heavy atom. The lowest BCUT2D eigenvalue weighted by molar-refractivity contribution is 0.434. The van der Waals surface area contributed by atoms with E-state index in [-0.39, 0.29) is 0 Å². The van der Waals surface area contributed by atoms with Gasteiger partial charge in [0, 0.05) is 4.88 Å². The van der Waals surface area contributed by atoms with Gasteiger partial charge in [0.1, 0.15) is 0 Å². The van der Waals surface area contributed by atoms with E-state index in [0.717, 1.165) is 42.5 Å². The van der Waals surface area contributed by atoms with Crippen LogP contribution in [0.5, 0.6) is 0 Å². The highest BCUT2D eigenvalue weighted by atomic mass is 32.1. The summed E-state index contributed by atoms with van der Waals surface area (Å²) in [5.74, 6) is 1.64. The number of aryl methyl sites for hydroxylation is 1. The van der Waals surface area contributed by atoms with Gasteiger partial charge >= 0.3 is 0 Å². The molecule has 3 nitrogen and oxygen atoms in total. The number of aromatic nitrogens is 1. The van der Waals surface area contributed by atoms with Crippen molar-refractivity contribution in [3.8, 4) is 10.8 Å². The van der Waals surface area contributed by atoms with E-state index < -0.39 is 0 Å². The molecule has 2 aromatic rings.